The predicted octanol–water partition coefficient (Wildman–Crippen LogP) is 4.11. The minimum absolute atomic E-state index is 0.155. The molecule has 0 aliphatic carbocycles. The fraction of sp³-hybridized carbons (Fsp3) is 0.231. The molecule has 0 atom stereocenters. The lowest BCUT2D eigenvalue weighted by molar-refractivity contribution is 0.618. The Morgan fingerprint density at radius 2 is 2.00 bits per heavy atom. The van der Waals surface area contributed by atoms with E-state index in [2.05, 4.69) is 6.58 Å². The molecule has 0 radical (unpaired) electrons. The molecule has 0 N–H and O–H groups in total. The molecule has 14 heavy (non-hydrogen) atoms. The van der Waals surface area contributed by atoms with E-state index in [4.69, 9.17) is 0 Å². The van der Waals surface area contributed by atoms with Crippen LogP contribution in [0.5, 0.6) is 0 Å². The van der Waals surface area contributed by atoms with Crippen molar-refractivity contribution >= 4 is 5.57 Å². The number of aryl methyl sites for hydroxylation is 1. The van der Waals surface area contributed by atoms with Gasteiger partial charge in [0, 0.05) is 0 Å². The van der Waals surface area contributed by atoms with E-state index in [1.807, 2.05) is 26.0 Å². The molecule has 0 amide bonds. The molecule has 0 bridgehead atoms. The second-order valence-corrected chi connectivity index (χ2v) is 3.48. The van der Waals surface area contributed by atoms with Crippen molar-refractivity contribution in [3.8, 4) is 0 Å². The SMILES string of the molecule is C=C/C(C)=C(/C)c1ccc(F)c(C)c1. The summed E-state index contributed by atoms with van der Waals surface area (Å²) in [6.45, 7) is 9.51. The zero-order chi connectivity index (χ0) is 10.7. The molecule has 0 heterocycles. The maximum Gasteiger partial charge on any atom is 0.126 e. The van der Waals surface area contributed by atoms with Crippen molar-refractivity contribution in [2.45, 2.75) is 20.8 Å². The first-order chi connectivity index (χ1) is 6.56. The average molecular weight is 190 g/mol. The van der Waals surface area contributed by atoms with Gasteiger partial charge in [-0.25, -0.2) is 4.39 Å². The summed E-state index contributed by atoms with van der Waals surface area (Å²) < 4.78 is 13.0. The Morgan fingerprint density at radius 3 is 2.50 bits per heavy atom. The number of halogens is 1. The van der Waals surface area contributed by atoms with Crippen LogP contribution in [0.15, 0.2) is 36.4 Å². The minimum Gasteiger partial charge on any atom is -0.207 e. The van der Waals surface area contributed by atoms with Gasteiger partial charge in [0.25, 0.3) is 0 Å². The molecule has 1 rings (SSSR count). The highest BCUT2D eigenvalue weighted by Crippen LogP contribution is 2.20. The molecule has 0 nitrogen and oxygen atoms in total. The van der Waals surface area contributed by atoms with Gasteiger partial charge < -0.3 is 0 Å². The van der Waals surface area contributed by atoms with Crippen molar-refractivity contribution in [2.75, 3.05) is 0 Å². The summed E-state index contributed by atoms with van der Waals surface area (Å²) in [6, 6.07) is 5.16. The molecule has 0 saturated carbocycles. The van der Waals surface area contributed by atoms with E-state index >= 15 is 0 Å². The highest BCUT2D eigenvalue weighted by atomic mass is 19.1. The highest BCUT2D eigenvalue weighted by molar-refractivity contribution is 5.68. The van der Waals surface area contributed by atoms with Gasteiger partial charge in [0.05, 0.1) is 0 Å². The van der Waals surface area contributed by atoms with Crippen LogP contribution in [0.4, 0.5) is 4.39 Å². The molecule has 0 spiro atoms. The van der Waals surface area contributed by atoms with Gasteiger partial charge in [-0.15, -0.1) is 0 Å². The van der Waals surface area contributed by atoms with Gasteiger partial charge in [0.1, 0.15) is 5.82 Å². The van der Waals surface area contributed by atoms with Crippen LogP contribution in [0, 0.1) is 12.7 Å². The van der Waals surface area contributed by atoms with Gasteiger partial charge in [-0.2, -0.15) is 0 Å². The standard InChI is InChI=1S/C13H15F/c1-5-9(2)11(4)12-6-7-13(14)10(3)8-12/h5-8H,1H2,2-4H3/b11-9-. The van der Waals surface area contributed by atoms with Gasteiger partial charge in [-0.1, -0.05) is 18.7 Å². The normalized spacial score (nSPS) is 12.3. The molecular weight excluding hydrogens is 175 g/mol. The molecule has 0 aromatic heterocycles. The number of rotatable bonds is 2. The second kappa shape index (κ2) is 4.23. The van der Waals surface area contributed by atoms with E-state index in [0.29, 0.717) is 5.56 Å². The Labute approximate surface area is 84.8 Å². The maximum absolute atomic E-state index is 13.0. The van der Waals surface area contributed by atoms with E-state index in [9.17, 15) is 4.39 Å². The van der Waals surface area contributed by atoms with Crippen LogP contribution in [0.1, 0.15) is 25.0 Å². The van der Waals surface area contributed by atoms with Gasteiger partial charge in [-0.3, -0.25) is 0 Å². The molecule has 1 aromatic carbocycles. The van der Waals surface area contributed by atoms with Gasteiger partial charge in [-0.05, 0) is 55.2 Å². The smallest absolute Gasteiger partial charge is 0.126 e. The number of allylic oxidation sites excluding steroid dienone is 3. The van der Waals surface area contributed by atoms with Gasteiger partial charge in [0.2, 0.25) is 0 Å². The van der Waals surface area contributed by atoms with Gasteiger partial charge in [0.15, 0.2) is 0 Å². The topological polar surface area (TPSA) is 0 Å². The molecule has 1 aromatic rings. The average Bonchev–Trinajstić information content (AvgIpc) is 2.20. The molecule has 74 valence electrons. The first kappa shape index (κ1) is 10.7. The summed E-state index contributed by atoms with van der Waals surface area (Å²) in [6.07, 6.45) is 1.81. The van der Waals surface area contributed by atoms with Crippen molar-refractivity contribution in [3.63, 3.8) is 0 Å². The third-order valence-corrected chi connectivity index (χ3v) is 2.49. The summed E-state index contributed by atoms with van der Waals surface area (Å²) in [7, 11) is 0. The maximum atomic E-state index is 13.0. The van der Waals surface area contributed by atoms with Crippen LogP contribution in [0.25, 0.3) is 5.57 Å². The lowest BCUT2D eigenvalue weighted by atomic mass is 10.0. The highest BCUT2D eigenvalue weighted by Gasteiger charge is 2.01. The lowest BCUT2D eigenvalue weighted by Gasteiger charge is -2.06. The van der Waals surface area contributed by atoms with Crippen LogP contribution in [0.3, 0.4) is 0 Å². The van der Waals surface area contributed by atoms with Crippen molar-refractivity contribution in [2.24, 2.45) is 0 Å². The van der Waals surface area contributed by atoms with E-state index < -0.39 is 0 Å². The van der Waals surface area contributed by atoms with Crippen LogP contribution >= 0.6 is 0 Å². The van der Waals surface area contributed by atoms with Crippen molar-refractivity contribution in [1.82, 2.24) is 0 Å². The Kier molecular flexibility index (Phi) is 3.23. The summed E-state index contributed by atoms with van der Waals surface area (Å²) in [5.41, 5.74) is 4.00. The summed E-state index contributed by atoms with van der Waals surface area (Å²) in [5.74, 6) is -0.155. The fourth-order valence-electron chi connectivity index (χ4n) is 1.26. The zero-order valence-electron chi connectivity index (χ0n) is 8.89. The van der Waals surface area contributed by atoms with Crippen LogP contribution in [0.2, 0.25) is 0 Å². The first-order valence-corrected chi connectivity index (χ1v) is 4.62. The molecule has 0 fully saturated rings. The third-order valence-electron chi connectivity index (χ3n) is 2.49. The lowest BCUT2D eigenvalue weighted by Crippen LogP contribution is -1.87. The first-order valence-electron chi connectivity index (χ1n) is 4.62. The van der Waals surface area contributed by atoms with Crippen LogP contribution < -0.4 is 0 Å². The van der Waals surface area contributed by atoms with Crippen LogP contribution in [-0.2, 0) is 0 Å². The van der Waals surface area contributed by atoms with E-state index in [1.54, 1.807) is 13.0 Å². The van der Waals surface area contributed by atoms with Gasteiger partial charge >= 0.3 is 0 Å². The Hall–Kier alpha value is -1.37. The number of hydrogen-bond donors (Lipinski definition) is 0. The molecule has 1 heteroatoms. The molecule has 0 saturated heterocycles. The molecule has 0 aliphatic rings. The molecule has 0 unspecified atom stereocenters. The molecular formula is C13H15F. The second-order valence-electron chi connectivity index (χ2n) is 3.48. The zero-order valence-corrected chi connectivity index (χ0v) is 8.89. The third kappa shape index (κ3) is 2.11. The summed E-state index contributed by atoms with van der Waals surface area (Å²) in [4.78, 5) is 0. The quantitative estimate of drug-likeness (QED) is 0.615. The van der Waals surface area contributed by atoms with E-state index in [1.165, 1.54) is 6.07 Å². The van der Waals surface area contributed by atoms with Crippen molar-refractivity contribution < 1.29 is 4.39 Å². The largest absolute Gasteiger partial charge is 0.207 e. The number of benzene rings is 1. The van der Waals surface area contributed by atoms with Crippen molar-refractivity contribution in [3.05, 3.63) is 53.4 Å². The Balaban J connectivity index is 3.21. The van der Waals surface area contributed by atoms with Crippen molar-refractivity contribution in [1.29, 1.82) is 0 Å². The minimum atomic E-state index is -0.155. The Bertz CT molecular complexity index is 386. The summed E-state index contributed by atoms with van der Waals surface area (Å²) >= 11 is 0. The molecule has 0 aliphatic heterocycles. The Morgan fingerprint density at radius 1 is 1.36 bits per heavy atom. The van der Waals surface area contributed by atoms with E-state index in [0.717, 1.165) is 16.7 Å². The van der Waals surface area contributed by atoms with E-state index in [-0.39, 0.29) is 5.82 Å². The number of hydrogen-bond acceptors (Lipinski definition) is 0. The fourth-order valence-corrected chi connectivity index (χ4v) is 1.26. The summed E-state index contributed by atoms with van der Waals surface area (Å²) in [5, 5.41) is 0. The monoisotopic (exact) mass is 190 g/mol. The van der Waals surface area contributed by atoms with Crippen LogP contribution in [-0.4, -0.2) is 0 Å². The predicted molar refractivity (Wildman–Crippen MR) is 59.6 cm³/mol.